The molecule has 0 saturated heterocycles. The standard InChI is InChI=1S/C14H10BrClN2S/c15-11-4-2-1-3-9(11)8-17-14-18-12-7-10(16)5-6-13(12)19-14/h1-7H,8H2,(H,17,18). The number of halogens is 2. The van der Waals surface area contributed by atoms with Gasteiger partial charge in [0, 0.05) is 16.0 Å². The summed E-state index contributed by atoms with van der Waals surface area (Å²) in [5.41, 5.74) is 2.15. The third-order valence-corrected chi connectivity index (χ3v) is 4.74. The summed E-state index contributed by atoms with van der Waals surface area (Å²) in [4.78, 5) is 4.53. The van der Waals surface area contributed by atoms with Gasteiger partial charge in [-0.05, 0) is 29.8 Å². The van der Waals surface area contributed by atoms with Crippen LogP contribution in [0.1, 0.15) is 5.56 Å². The van der Waals surface area contributed by atoms with Gasteiger partial charge in [0.15, 0.2) is 5.13 Å². The van der Waals surface area contributed by atoms with Crippen LogP contribution in [0.5, 0.6) is 0 Å². The summed E-state index contributed by atoms with van der Waals surface area (Å²) in [7, 11) is 0. The largest absolute Gasteiger partial charge is 0.357 e. The topological polar surface area (TPSA) is 24.9 Å². The first-order valence-electron chi connectivity index (χ1n) is 5.76. The van der Waals surface area contributed by atoms with E-state index in [1.54, 1.807) is 11.3 Å². The van der Waals surface area contributed by atoms with Crippen LogP contribution in [0.4, 0.5) is 5.13 Å². The second-order valence-corrected chi connectivity index (χ2v) is 6.40. The molecule has 0 aliphatic carbocycles. The molecule has 0 aliphatic rings. The van der Waals surface area contributed by atoms with E-state index in [2.05, 4.69) is 32.3 Å². The Balaban J connectivity index is 1.80. The van der Waals surface area contributed by atoms with Crippen molar-refractivity contribution in [2.45, 2.75) is 6.54 Å². The van der Waals surface area contributed by atoms with Gasteiger partial charge in [0.25, 0.3) is 0 Å². The Hall–Kier alpha value is -1.10. The van der Waals surface area contributed by atoms with Gasteiger partial charge >= 0.3 is 0 Å². The van der Waals surface area contributed by atoms with E-state index in [-0.39, 0.29) is 0 Å². The summed E-state index contributed by atoms with van der Waals surface area (Å²) in [6.07, 6.45) is 0. The summed E-state index contributed by atoms with van der Waals surface area (Å²) in [6, 6.07) is 13.9. The quantitative estimate of drug-likeness (QED) is 0.689. The fourth-order valence-electron chi connectivity index (χ4n) is 1.79. The minimum atomic E-state index is 0.718. The highest BCUT2D eigenvalue weighted by molar-refractivity contribution is 9.10. The number of aromatic nitrogens is 1. The highest BCUT2D eigenvalue weighted by Gasteiger charge is 2.05. The predicted molar refractivity (Wildman–Crippen MR) is 86.1 cm³/mol. The van der Waals surface area contributed by atoms with E-state index >= 15 is 0 Å². The summed E-state index contributed by atoms with van der Waals surface area (Å²) in [5.74, 6) is 0. The zero-order chi connectivity index (χ0) is 13.2. The number of hydrogen-bond acceptors (Lipinski definition) is 3. The zero-order valence-corrected chi connectivity index (χ0v) is 13.0. The normalized spacial score (nSPS) is 10.8. The van der Waals surface area contributed by atoms with E-state index < -0.39 is 0 Å². The second kappa shape index (κ2) is 5.49. The maximum atomic E-state index is 5.96. The molecule has 0 radical (unpaired) electrons. The van der Waals surface area contributed by atoms with Crippen LogP contribution in [0.25, 0.3) is 10.2 Å². The Morgan fingerprint density at radius 2 is 2.05 bits per heavy atom. The van der Waals surface area contributed by atoms with Crippen molar-refractivity contribution < 1.29 is 0 Å². The molecule has 1 aromatic heterocycles. The van der Waals surface area contributed by atoms with E-state index in [0.717, 1.165) is 31.4 Å². The Bertz CT molecular complexity index is 726. The van der Waals surface area contributed by atoms with Crippen molar-refractivity contribution in [2.75, 3.05) is 5.32 Å². The van der Waals surface area contributed by atoms with Crippen molar-refractivity contribution in [1.29, 1.82) is 0 Å². The van der Waals surface area contributed by atoms with Gasteiger partial charge in [0.05, 0.1) is 10.2 Å². The van der Waals surface area contributed by atoms with Crippen LogP contribution in [-0.2, 0) is 6.54 Å². The van der Waals surface area contributed by atoms with Crippen LogP contribution < -0.4 is 5.32 Å². The zero-order valence-electron chi connectivity index (χ0n) is 9.86. The molecule has 2 nitrogen and oxygen atoms in total. The molecule has 3 aromatic rings. The summed E-state index contributed by atoms with van der Waals surface area (Å²) < 4.78 is 2.24. The number of hydrogen-bond donors (Lipinski definition) is 1. The number of benzene rings is 2. The first-order chi connectivity index (χ1) is 9.22. The van der Waals surface area contributed by atoms with Gasteiger partial charge < -0.3 is 5.32 Å². The molecular weight excluding hydrogens is 344 g/mol. The number of fused-ring (bicyclic) bond motifs is 1. The van der Waals surface area contributed by atoms with Crippen molar-refractivity contribution >= 4 is 54.2 Å². The van der Waals surface area contributed by atoms with Gasteiger partial charge in [-0.1, -0.05) is 57.1 Å². The molecule has 0 unspecified atom stereocenters. The molecule has 3 rings (SSSR count). The van der Waals surface area contributed by atoms with Gasteiger partial charge in [0.2, 0.25) is 0 Å². The minimum Gasteiger partial charge on any atom is -0.357 e. The van der Waals surface area contributed by atoms with Crippen LogP contribution in [0.3, 0.4) is 0 Å². The van der Waals surface area contributed by atoms with Crippen LogP contribution >= 0.6 is 38.9 Å². The molecule has 0 atom stereocenters. The maximum absolute atomic E-state index is 5.96. The Morgan fingerprint density at radius 3 is 2.89 bits per heavy atom. The molecule has 1 N–H and O–H groups in total. The van der Waals surface area contributed by atoms with Crippen molar-refractivity contribution in [3.05, 3.63) is 57.5 Å². The van der Waals surface area contributed by atoms with Crippen molar-refractivity contribution in [2.24, 2.45) is 0 Å². The van der Waals surface area contributed by atoms with E-state index in [1.165, 1.54) is 5.56 Å². The van der Waals surface area contributed by atoms with Gasteiger partial charge in [-0.3, -0.25) is 0 Å². The second-order valence-electron chi connectivity index (χ2n) is 4.08. The molecule has 0 amide bonds. The van der Waals surface area contributed by atoms with Gasteiger partial charge in [-0.15, -0.1) is 0 Å². The average Bonchev–Trinajstić information content (AvgIpc) is 2.79. The molecular formula is C14H10BrClN2S. The third-order valence-electron chi connectivity index (χ3n) is 2.74. The maximum Gasteiger partial charge on any atom is 0.184 e. The highest BCUT2D eigenvalue weighted by Crippen LogP contribution is 2.28. The fraction of sp³-hybridized carbons (Fsp3) is 0.0714. The minimum absolute atomic E-state index is 0.718. The van der Waals surface area contributed by atoms with Gasteiger partial charge in [-0.25, -0.2) is 4.98 Å². The number of rotatable bonds is 3. The molecule has 96 valence electrons. The van der Waals surface area contributed by atoms with Gasteiger partial charge in [-0.2, -0.15) is 0 Å². The lowest BCUT2D eigenvalue weighted by molar-refractivity contribution is 1.13. The molecule has 0 bridgehead atoms. The molecule has 0 fully saturated rings. The monoisotopic (exact) mass is 352 g/mol. The van der Waals surface area contributed by atoms with Gasteiger partial charge in [0.1, 0.15) is 0 Å². The van der Waals surface area contributed by atoms with Crippen LogP contribution in [0, 0.1) is 0 Å². The fourth-order valence-corrected chi connectivity index (χ4v) is 3.22. The van der Waals surface area contributed by atoms with Crippen molar-refractivity contribution in [3.63, 3.8) is 0 Å². The Labute approximate surface area is 128 Å². The van der Waals surface area contributed by atoms with Crippen LogP contribution in [0.2, 0.25) is 5.02 Å². The average molecular weight is 354 g/mol. The summed E-state index contributed by atoms with van der Waals surface area (Å²) in [5, 5.41) is 4.97. The number of thiazole rings is 1. The summed E-state index contributed by atoms with van der Waals surface area (Å²) in [6.45, 7) is 0.745. The van der Waals surface area contributed by atoms with E-state index in [1.807, 2.05) is 36.4 Å². The van der Waals surface area contributed by atoms with Crippen LogP contribution in [0.15, 0.2) is 46.9 Å². The number of nitrogens with one attached hydrogen (secondary N) is 1. The molecule has 19 heavy (non-hydrogen) atoms. The van der Waals surface area contributed by atoms with Crippen LogP contribution in [-0.4, -0.2) is 4.98 Å². The first-order valence-corrected chi connectivity index (χ1v) is 7.74. The first kappa shape index (κ1) is 12.9. The lowest BCUT2D eigenvalue weighted by atomic mass is 10.2. The lowest BCUT2D eigenvalue weighted by Gasteiger charge is -2.04. The number of anilines is 1. The third kappa shape index (κ3) is 2.91. The molecule has 0 spiro atoms. The van der Waals surface area contributed by atoms with E-state index in [4.69, 9.17) is 11.6 Å². The lowest BCUT2D eigenvalue weighted by Crippen LogP contribution is -1.99. The molecule has 1 heterocycles. The highest BCUT2D eigenvalue weighted by atomic mass is 79.9. The number of nitrogens with zero attached hydrogens (tertiary/aromatic N) is 1. The van der Waals surface area contributed by atoms with E-state index in [0.29, 0.717) is 0 Å². The Kier molecular flexibility index (Phi) is 3.73. The molecule has 0 aliphatic heterocycles. The van der Waals surface area contributed by atoms with Crippen molar-refractivity contribution in [1.82, 2.24) is 4.98 Å². The predicted octanol–water partition coefficient (Wildman–Crippen LogP) is 5.32. The smallest absolute Gasteiger partial charge is 0.184 e. The molecule has 0 saturated carbocycles. The Morgan fingerprint density at radius 1 is 1.21 bits per heavy atom. The molecule has 5 heteroatoms. The van der Waals surface area contributed by atoms with E-state index in [9.17, 15) is 0 Å². The molecule has 2 aromatic carbocycles. The summed E-state index contributed by atoms with van der Waals surface area (Å²) >= 11 is 11.1. The van der Waals surface area contributed by atoms with Crippen molar-refractivity contribution in [3.8, 4) is 0 Å². The SMILES string of the molecule is Clc1ccc2sc(NCc3ccccc3Br)nc2c1.